The van der Waals surface area contributed by atoms with Gasteiger partial charge in [-0.2, -0.15) is 4.40 Å². The molecule has 20 heavy (non-hydrogen) atoms. The van der Waals surface area contributed by atoms with Gasteiger partial charge in [0.15, 0.2) is 0 Å². The smallest absolute Gasteiger partial charge is 0.226 e. The van der Waals surface area contributed by atoms with Crippen molar-refractivity contribution in [2.45, 2.75) is 6.42 Å². The van der Waals surface area contributed by atoms with E-state index in [0.29, 0.717) is 27.9 Å². The fourth-order valence-electron chi connectivity index (χ4n) is 1.37. The van der Waals surface area contributed by atoms with E-state index in [1.807, 2.05) is 0 Å². The van der Waals surface area contributed by atoms with Crippen LogP contribution in [0.5, 0.6) is 0 Å². The molecule has 1 atom stereocenters. The number of hydrogen-bond acceptors (Lipinski definition) is 3. The molecule has 9 heteroatoms. The third kappa shape index (κ3) is 4.68. The number of alkyl halides is 1. The van der Waals surface area contributed by atoms with Crippen LogP contribution >= 0.6 is 23.2 Å². The molecule has 0 aliphatic rings. The van der Waals surface area contributed by atoms with E-state index < -0.39 is 15.7 Å². The van der Waals surface area contributed by atoms with Crippen LogP contribution in [0.4, 0.5) is 0 Å². The van der Waals surface area contributed by atoms with Crippen molar-refractivity contribution >= 4 is 49.6 Å². The number of hydroxylamine groups is 1. The molecule has 0 saturated carbocycles. The quantitative estimate of drug-likeness (QED) is 0.189. The van der Waals surface area contributed by atoms with Crippen LogP contribution in [0, 0.1) is 0 Å². The second-order valence-corrected chi connectivity index (χ2v) is 6.31. The molecule has 0 amide bonds. The summed E-state index contributed by atoms with van der Waals surface area (Å²) in [5.41, 5.74) is 7.45. The van der Waals surface area contributed by atoms with E-state index in [0.717, 1.165) is 0 Å². The molecule has 0 bridgehead atoms. The van der Waals surface area contributed by atoms with Crippen molar-refractivity contribution in [1.29, 1.82) is 0 Å². The predicted octanol–water partition coefficient (Wildman–Crippen LogP) is 1.63. The van der Waals surface area contributed by atoms with Crippen molar-refractivity contribution in [2.24, 2.45) is 10.1 Å². The summed E-state index contributed by atoms with van der Waals surface area (Å²) in [6.07, 6.45) is 3.56. The zero-order valence-electron chi connectivity index (χ0n) is 10.4. The van der Waals surface area contributed by atoms with Crippen molar-refractivity contribution in [2.75, 3.05) is 5.88 Å². The Hall–Kier alpha value is -1.28. The largest absolute Gasteiger partial charge is 0.367 e. The van der Waals surface area contributed by atoms with Gasteiger partial charge < -0.3 is 5.73 Å². The molecule has 4 N–H and O–H groups in total. The summed E-state index contributed by atoms with van der Waals surface area (Å²) in [6, 6.07) is 3.19. The van der Waals surface area contributed by atoms with Gasteiger partial charge in [0, 0.05) is 17.6 Å². The molecule has 0 saturated heterocycles. The molecule has 0 spiro atoms. The molecule has 1 unspecified atom stereocenters. The van der Waals surface area contributed by atoms with Gasteiger partial charge in [-0.05, 0) is 24.4 Å². The molecule has 1 aromatic rings. The molecule has 0 aromatic carbocycles. The topological polar surface area (TPSA) is 101 Å². The van der Waals surface area contributed by atoms with E-state index in [1.54, 1.807) is 23.7 Å². The van der Waals surface area contributed by atoms with Gasteiger partial charge in [0.05, 0.1) is 14.6 Å². The van der Waals surface area contributed by atoms with E-state index in [-0.39, 0.29) is 0 Å². The van der Waals surface area contributed by atoms with E-state index >= 15 is 0 Å². The molecule has 6 nitrogen and oxygen atoms in total. The number of nitrogens with two attached hydrogens (primary N) is 1. The fourth-order valence-corrected chi connectivity index (χ4v) is 2.91. The monoisotopic (exact) mass is 336 g/mol. The highest BCUT2D eigenvalue weighted by atomic mass is 35.5. The van der Waals surface area contributed by atoms with Crippen LogP contribution in [-0.4, -0.2) is 32.1 Å². The second-order valence-electron chi connectivity index (χ2n) is 3.64. The lowest BCUT2D eigenvalue weighted by atomic mass is 10.2. The van der Waals surface area contributed by atoms with Gasteiger partial charge in [-0.3, -0.25) is 5.21 Å². The molecule has 1 aromatic heterocycles. The van der Waals surface area contributed by atoms with E-state index in [9.17, 15) is 4.21 Å². The average molecular weight is 337 g/mol. The maximum Gasteiger partial charge on any atom is 0.226 e. The number of nitrogens with one attached hydrogen (secondary N) is 1. The van der Waals surface area contributed by atoms with E-state index in [4.69, 9.17) is 34.1 Å². The minimum Gasteiger partial charge on any atom is -0.367 e. The Bertz CT molecular complexity index is 612. The summed E-state index contributed by atoms with van der Waals surface area (Å²) in [7, 11) is -3.11. The number of pyridine rings is 1. The number of hydrogen-bond donors (Lipinski definition) is 3. The first-order valence-electron chi connectivity index (χ1n) is 5.41. The first kappa shape index (κ1) is 16.8. The van der Waals surface area contributed by atoms with Crippen LogP contribution in [0.3, 0.4) is 0 Å². The molecule has 110 valence electrons. The predicted molar refractivity (Wildman–Crippen MR) is 84.4 cm³/mol. The summed E-state index contributed by atoms with van der Waals surface area (Å²) < 4.78 is 16.2. The number of rotatable bonds is 5. The maximum absolute atomic E-state index is 12.5. The van der Waals surface area contributed by atoms with Gasteiger partial charge in [0.1, 0.15) is 5.15 Å². The van der Waals surface area contributed by atoms with Crippen LogP contribution in [0.25, 0.3) is 4.91 Å². The molecular formula is C11H14Cl2N4O2S. The van der Waals surface area contributed by atoms with Gasteiger partial charge >= 0.3 is 0 Å². The van der Waals surface area contributed by atoms with Crippen molar-refractivity contribution in [3.05, 3.63) is 35.1 Å². The lowest BCUT2D eigenvalue weighted by Gasteiger charge is -2.10. The number of halogens is 2. The highest BCUT2D eigenvalue weighted by Gasteiger charge is 2.14. The summed E-state index contributed by atoms with van der Waals surface area (Å²) in [5.74, 6) is 3.49. The zero-order chi connectivity index (χ0) is 15.2. The molecule has 0 fully saturated rings. The minimum atomic E-state index is -3.11. The Morgan fingerprint density at radius 1 is 1.65 bits per heavy atom. The number of nitrogens with zero attached hydrogens (tertiary/aromatic N) is 2. The van der Waals surface area contributed by atoms with Gasteiger partial charge in [-0.15, -0.1) is 11.6 Å². The van der Waals surface area contributed by atoms with Crippen molar-refractivity contribution in [3.8, 4) is 0 Å². The second kappa shape index (κ2) is 7.49. The van der Waals surface area contributed by atoms with Crippen LogP contribution in [0.15, 0.2) is 28.8 Å². The van der Waals surface area contributed by atoms with Crippen LogP contribution in [0.2, 0.25) is 5.15 Å². The van der Waals surface area contributed by atoms with Crippen molar-refractivity contribution in [1.82, 2.24) is 10.5 Å². The third-order valence-electron chi connectivity index (χ3n) is 2.15. The number of guanidine groups is 1. The Labute approximate surface area is 127 Å². The van der Waals surface area contributed by atoms with Crippen molar-refractivity contribution < 1.29 is 9.42 Å². The average Bonchev–Trinajstić information content (AvgIpc) is 2.40. The van der Waals surface area contributed by atoms with Gasteiger partial charge in [0.25, 0.3) is 0 Å². The van der Waals surface area contributed by atoms with E-state index in [2.05, 4.69) is 15.3 Å². The van der Waals surface area contributed by atoms with Crippen molar-refractivity contribution in [3.63, 3.8) is 0 Å². The number of allylic oxidation sites excluding steroid dienone is 1. The van der Waals surface area contributed by atoms with Crippen LogP contribution in [-0.2, 0) is 9.71 Å². The summed E-state index contributed by atoms with van der Waals surface area (Å²) in [4.78, 5) is 4.23. The summed E-state index contributed by atoms with van der Waals surface area (Å²) in [5, 5.41) is 8.94. The van der Waals surface area contributed by atoms with E-state index in [1.165, 1.54) is 6.20 Å². The van der Waals surface area contributed by atoms with Gasteiger partial charge in [-0.25, -0.2) is 14.7 Å². The standard InChI is InChI=1S/C11H14Cl2N4O2S/c1-20(19,17-11(14)16-18)9(3-2-6-12)8-4-5-10(13)15-7-8/h3-5,7,18H,1-2,6H2,(H3,14,16,17,19)/b9-3+. The molecule has 1 heterocycles. The zero-order valence-corrected chi connectivity index (χ0v) is 12.8. The molecule has 1 rings (SSSR count). The lowest BCUT2D eigenvalue weighted by molar-refractivity contribution is 0.233. The Balaban J connectivity index is 3.30. The summed E-state index contributed by atoms with van der Waals surface area (Å²) >= 11 is 11.3. The molecule has 0 radical (unpaired) electrons. The Morgan fingerprint density at radius 3 is 2.85 bits per heavy atom. The highest BCUT2D eigenvalue weighted by Crippen LogP contribution is 2.23. The highest BCUT2D eigenvalue weighted by molar-refractivity contribution is 8.07. The normalized spacial score (nSPS) is 15.8. The first-order valence-corrected chi connectivity index (χ1v) is 8.01. The maximum atomic E-state index is 12.5. The van der Waals surface area contributed by atoms with Crippen LogP contribution < -0.4 is 11.2 Å². The Kier molecular flexibility index (Phi) is 6.28. The van der Waals surface area contributed by atoms with Gasteiger partial charge in [-0.1, -0.05) is 17.7 Å². The van der Waals surface area contributed by atoms with Crippen LogP contribution in [0.1, 0.15) is 12.0 Å². The SMILES string of the molecule is C=S(=O)(N=C(N)NO)/C(=C/CCCl)c1ccc(Cl)nc1. The minimum absolute atomic E-state index is 0.307. The fraction of sp³-hybridized carbons (Fsp3) is 0.182. The lowest BCUT2D eigenvalue weighted by Crippen LogP contribution is -2.29. The summed E-state index contributed by atoms with van der Waals surface area (Å²) in [6.45, 7) is 0. The molecule has 0 aliphatic carbocycles. The van der Waals surface area contributed by atoms with Gasteiger partial charge in [0.2, 0.25) is 5.96 Å². The molecule has 0 aliphatic heterocycles. The Morgan fingerprint density at radius 2 is 2.35 bits per heavy atom. The third-order valence-corrected chi connectivity index (χ3v) is 4.18. The first-order chi connectivity index (χ1) is 9.40. The molecular weight excluding hydrogens is 323 g/mol. The number of aromatic nitrogens is 1.